The molecule has 0 saturated heterocycles. The highest BCUT2D eigenvalue weighted by Crippen LogP contribution is 2.37. The number of aliphatic hydroxyl groups excluding tert-OH is 1. The second kappa shape index (κ2) is 6.99. The zero-order valence-electron chi connectivity index (χ0n) is 16.4. The quantitative estimate of drug-likeness (QED) is 0.858. The highest BCUT2D eigenvalue weighted by Gasteiger charge is 2.39. The number of amides is 1. The third kappa shape index (κ3) is 3.22. The normalized spacial score (nSPS) is 23.3. The van der Waals surface area contributed by atoms with E-state index in [2.05, 4.69) is 38.1 Å². The molecule has 2 aromatic heterocycles. The van der Waals surface area contributed by atoms with Gasteiger partial charge < -0.3 is 10.4 Å². The topological polar surface area (TPSA) is 80.0 Å². The van der Waals surface area contributed by atoms with Gasteiger partial charge in [-0.05, 0) is 38.7 Å². The van der Waals surface area contributed by atoms with Crippen LogP contribution >= 0.6 is 0 Å². The molecule has 1 aliphatic carbocycles. The zero-order chi connectivity index (χ0) is 19.1. The van der Waals surface area contributed by atoms with Crippen molar-refractivity contribution in [1.29, 1.82) is 0 Å². The van der Waals surface area contributed by atoms with E-state index in [1.807, 2.05) is 17.7 Å². The van der Waals surface area contributed by atoms with Crippen molar-refractivity contribution in [2.45, 2.75) is 71.9 Å². The maximum atomic E-state index is 13.1. The van der Waals surface area contributed by atoms with Crippen molar-refractivity contribution in [2.24, 2.45) is 5.41 Å². The first-order valence-corrected chi connectivity index (χ1v) is 9.56. The Balaban J connectivity index is 2.02. The van der Waals surface area contributed by atoms with E-state index in [1.165, 1.54) is 0 Å². The van der Waals surface area contributed by atoms with Gasteiger partial charge in [0, 0.05) is 23.2 Å². The Morgan fingerprint density at radius 1 is 1.42 bits per heavy atom. The SMILES string of the molecule is CC(C)c1cc(C(=O)N[C@H]2CCC[C@]2(C)CO)c2cnn(C(C)C)c2n1. The van der Waals surface area contributed by atoms with Crippen LogP contribution in [-0.4, -0.2) is 38.4 Å². The van der Waals surface area contributed by atoms with Gasteiger partial charge in [-0.1, -0.05) is 27.2 Å². The first kappa shape index (κ1) is 18.8. The van der Waals surface area contributed by atoms with E-state index < -0.39 is 0 Å². The van der Waals surface area contributed by atoms with Crippen LogP contribution in [0.15, 0.2) is 12.3 Å². The average Bonchev–Trinajstić information content (AvgIpc) is 3.18. The molecule has 1 aliphatic rings. The van der Waals surface area contributed by atoms with Gasteiger partial charge in [-0.3, -0.25) is 4.79 Å². The van der Waals surface area contributed by atoms with Crippen LogP contribution in [0.25, 0.3) is 11.0 Å². The number of fused-ring (bicyclic) bond motifs is 1. The molecule has 2 aromatic rings. The van der Waals surface area contributed by atoms with Crippen LogP contribution in [0.4, 0.5) is 0 Å². The van der Waals surface area contributed by atoms with Crippen LogP contribution in [0.2, 0.25) is 0 Å². The number of hydrogen-bond donors (Lipinski definition) is 2. The van der Waals surface area contributed by atoms with Gasteiger partial charge >= 0.3 is 0 Å². The maximum Gasteiger partial charge on any atom is 0.252 e. The molecule has 26 heavy (non-hydrogen) atoms. The Kier molecular flexibility index (Phi) is 5.06. The molecule has 0 bridgehead atoms. The molecule has 2 N–H and O–H groups in total. The molecule has 0 radical (unpaired) electrons. The standard InChI is InChI=1S/C20H30N4O2/c1-12(2)16-9-14(15-10-21-24(13(3)4)18(15)22-16)19(26)23-17-7-6-8-20(17,5)11-25/h9-10,12-13,17,25H,6-8,11H2,1-5H3,(H,23,26)/t17-,20+/m0/s1. The van der Waals surface area contributed by atoms with Crippen LogP contribution in [0.3, 0.4) is 0 Å². The summed E-state index contributed by atoms with van der Waals surface area (Å²) in [7, 11) is 0. The zero-order valence-corrected chi connectivity index (χ0v) is 16.4. The number of nitrogens with zero attached hydrogens (tertiary/aromatic N) is 3. The van der Waals surface area contributed by atoms with Crippen molar-refractivity contribution in [3.05, 3.63) is 23.5 Å². The number of aromatic nitrogens is 3. The van der Waals surface area contributed by atoms with Crippen molar-refractivity contribution in [2.75, 3.05) is 6.61 Å². The maximum absolute atomic E-state index is 13.1. The molecular weight excluding hydrogens is 328 g/mol. The smallest absolute Gasteiger partial charge is 0.252 e. The molecule has 142 valence electrons. The molecule has 3 rings (SSSR count). The summed E-state index contributed by atoms with van der Waals surface area (Å²) < 4.78 is 1.87. The molecule has 6 heteroatoms. The van der Waals surface area contributed by atoms with E-state index in [-0.39, 0.29) is 35.9 Å². The number of carbonyl (C=O) groups is 1. The number of hydrogen-bond acceptors (Lipinski definition) is 4. The fourth-order valence-electron chi connectivity index (χ4n) is 3.80. The van der Waals surface area contributed by atoms with E-state index in [9.17, 15) is 9.90 Å². The van der Waals surface area contributed by atoms with Gasteiger partial charge in [-0.15, -0.1) is 0 Å². The number of aliphatic hydroxyl groups is 1. The lowest BCUT2D eigenvalue weighted by atomic mass is 9.85. The third-order valence-electron chi connectivity index (χ3n) is 5.66. The van der Waals surface area contributed by atoms with Gasteiger partial charge in [0.2, 0.25) is 0 Å². The molecular formula is C20H30N4O2. The Labute approximate surface area is 155 Å². The third-order valence-corrected chi connectivity index (χ3v) is 5.66. The average molecular weight is 358 g/mol. The lowest BCUT2D eigenvalue weighted by Crippen LogP contribution is -2.44. The molecule has 0 spiro atoms. The van der Waals surface area contributed by atoms with Crippen molar-refractivity contribution in [3.8, 4) is 0 Å². The second-order valence-corrected chi connectivity index (χ2v) is 8.40. The summed E-state index contributed by atoms with van der Waals surface area (Å²) in [6.07, 6.45) is 4.60. The first-order chi connectivity index (χ1) is 12.3. The summed E-state index contributed by atoms with van der Waals surface area (Å²) >= 11 is 0. The summed E-state index contributed by atoms with van der Waals surface area (Å²) in [5, 5.41) is 18.2. The molecule has 0 unspecified atom stereocenters. The van der Waals surface area contributed by atoms with Gasteiger partial charge in [0.05, 0.1) is 23.8 Å². The van der Waals surface area contributed by atoms with Crippen molar-refractivity contribution in [3.63, 3.8) is 0 Å². The molecule has 2 heterocycles. The van der Waals surface area contributed by atoms with Crippen molar-refractivity contribution < 1.29 is 9.90 Å². The predicted octanol–water partition coefficient (Wildman–Crippen LogP) is 3.42. The van der Waals surface area contributed by atoms with Gasteiger partial charge in [0.25, 0.3) is 5.91 Å². The lowest BCUT2D eigenvalue weighted by molar-refractivity contribution is 0.0832. The summed E-state index contributed by atoms with van der Waals surface area (Å²) in [6.45, 7) is 10.4. The molecule has 0 aliphatic heterocycles. The molecule has 0 aromatic carbocycles. The number of nitrogens with one attached hydrogen (secondary N) is 1. The largest absolute Gasteiger partial charge is 0.396 e. The lowest BCUT2D eigenvalue weighted by Gasteiger charge is -2.30. The van der Waals surface area contributed by atoms with Crippen LogP contribution in [0, 0.1) is 5.41 Å². The van der Waals surface area contributed by atoms with E-state index in [0.717, 1.165) is 36.0 Å². The fraction of sp³-hybridized carbons (Fsp3) is 0.650. The highest BCUT2D eigenvalue weighted by atomic mass is 16.3. The van der Waals surface area contributed by atoms with Gasteiger partial charge in [-0.2, -0.15) is 5.10 Å². The Bertz CT molecular complexity index is 811. The van der Waals surface area contributed by atoms with Crippen molar-refractivity contribution in [1.82, 2.24) is 20.1 Å². The number of carbonyl (C=O) groups excluding carboxylic acids is 1. The van der Waals surface area contributed by atoms with Crippen LogP contribution in [0.1, 0.15) is 81.9 Å². The molecule has 1 saturated carbocycles. The number of rotatable bonds is 5. The van der Waals surface area contributed by atoms with E-state index in [4.69, 9.17) is 4.98 Å². The summed E-state index contributed by atoms with van der Waals surface area (Å²) in [6, 6.07) is 2.05. The summed E-state index contributed by atoms with van der Waals surface area (Å²) in [5.74, 6) is 0.116. The molecule has 2 atom stereocenters. The van der Waals surface area contributed by atoms with Gasteiger partial charge in [-0.25, -0.2) is 9.67 Å². The Hall–Kier alpha value is -1.95. The Morgan fingerprint density at radius 2 is 2.15 bits per heavy atom. The van der Waals surface area contributed by atoms with E-state index >= 15 is 0 Å². The Morgan fingerprint density at radius 3 is 2.77 bits per heavy atom. The highest BCUT2D eigenvalue weighted by molar-refractivity contribution is 6.05. The van der Waals surface area contributed by atoms with Crippen LogP contribution in [-0.2, 0) is 0 Å². The van der Waals surface area contributed by atoms with Crippen molar-refractivity contribution >= 4 is 16.9 Å². The summed E-state index contributed by atoms with van der Waals surface area (Å²) in [5.41, 5.74) is 2.03. The van der Waals surface area contributed by atoms with Gasteiger partial charge in [0.15, 0.2) is 5.65 Å². The fourth-order valence-corrected chi connectivity index (χ4v) is 3.80. The monoisotopic (exact) mass is 358 g/mol. The minimum atomic E-state index is -0.245. The van der Waals surface area contributed by atoms with E-state index in [1.54, 1.807) is 6.20 Å². The van der Waals surface area contributed by atoms with Crippen LogP contribution in [0.5, 0.6) is 0 Å². The minimum absolute atomic E-state index is 0.00846. The molecule has 1 fully saturated rings. The van der Waals surface area contributed by atoms with Gasteiger partial charge in [0.1, 0.15) is 0 Å². The predicted molar refractivity (Wildman–Crippen MR) is 102 cm³/mol. The molecule has 1 amide bonds. The minimum Gasteiger partial charge on any atom is -0.396 e. The summed E-state index contributed by atoms with van der Waals surface area (Å²) in [4.78, 5) is 17.9. The number of pyridine rings is 1. The first-order valence-electron chi connectivity index (χ1n) is 9.56. The molecule has 6 nitrogen and oxygen atoms in total. The van der Waals surface area contributed by atoms with Crippen LogP contribution < -0.4 is 5.32 Å². The van der Waals surface area contributed by atoms with E-state index in [0.29, 0.717) is 5.56 Å². The second-order valence-electron chi connectivity index (χ2n) is 8.40.